The lowest BCUT2D eigenvalue weighted by Gasteiger charge is -2.18. The van der Waals surface area contributed by atoms with Crippen LogP contribution >= 0.6 is 0 Å². The summed E-state index contributed by atoms with van der Waals surface area (Å²) in [5.74, 6) is -0.543. The molecule has 1 amide bonds. The minimum Gasteiger partial charge on any atom is -0.434 e. The van der Waals surface area contributed by atoms with Gasteiger partial charge in [-0.1, -0.05) is 24.3 Å². The molecule has 1 saturated heterocycles. The summed E-state index contributed by atoms with van der Waals surface area (Å²) in [6.45, 7) is -2.39. The molecule has 0 spiro atoms. The van der Waals surface area contributed by atoms with Crippen molar-refractivity contribution in [3.63, 3.8) is 0 Å². The quantitative estimate of drug-likeness (QED) is 0.948. The number of aliphatic hydroxyl groups is 1. The van der Waals surface area contributed by atoms with E-state index in [9.17, 15) is 18.7 Å². The minimum atomic E-state index is -3.00. The molecule has 116 valence electrons. The Labute approximate surface area is 125 Å². The van der Waals surface area contributed by atoms with Gasteiger partial charge < -0.3 is 14.7 Å². The molecule has 2 aromatic rings. The average molecular weight is 307 g/mol. The van der Waals surface area contributed by atoms with E-state index in [2.05, 4.69) is 4.74 Å². The number of hydrogen-bond acceptors (Lipinski definition) is 3. The van der Waals surface area contributed by atoms with Crippen LogP contribution in [0.1, 0.15) is 16.8 Å². The van der Waals surface area contributed by atoms with E-state index >= 15 is 0 Å². The second-order valence-electron chi connectivity index (χ2n) is 5.27. The van der Waals surface area contributed by atoms with Gasteiger partial charge in [-0.25, -0.2) is 0 Å². The predicted molar refractivity (Wildman–Crippen MR) is 77.1 cm³/mol. The first kappa shape index (κ1) is 14.7. The molecule has 1 N–H and O–H groups in total. The molecule has 4 nitrogen and oxygen atoms in total. The van der Waals surface area contributed by atoms with Crippen molar-refractivity contribution in [1.29, 1.82) is 0 Å². The van der Waals surface area contributed by atoms with E-state index in [4.69, 9.17) is 0 Å². The number of hydrogen-bond donors (Lipinski definition) is 1. The number of likely N-dealkylation sites (tertiary alicyclic amines) is 1. The molecule has 22 heavy (non-hydrogen) atoms. The average Bonchev–Trinajstić information content (AvgIpc) is 2.92. The normalized spacial score (nSPS) is 18.2. The molecule has 1 aliphatic heterocycles. The highest BCUT2D eigenvalue weighted by Gasteiger charge is 2.28. The van der Waals surface area contributed by atoms with Crippen LogP contribution in [0.5, 0.6) is 5.75 Å². The maximum atomic E-state index is 12.6. The molecular weight excluding hydrogens is 292 g/mol. The van der Waals surface area contributed by atoms with Crippen LogP contribution in [0, 0.1) is 0 Å². The number of fused-ring (bicyclic) bond motifs is 1. The van der Waals surface area contributed by atoms with Crippen LogP contribution < -0.4 is 4.74 Å². The molecule has 1 heterocycles. The number of benzene rings is 2. The number of halogens is 2. The first-order valence-corrected chi connectivity index (χ1v) is 6.99. The van der Waals surface area contributed by atoms with Crippen LogP contribution in [-0.2, 0) is 0 Å². The third kappa shape index (κ3) is 2.87. The second-order valence-corrected chi connectivity index (χ2v) is 5.27. The lowest BCUT2D eigenvalue weighted by molar-refractivity contribution is -0.0501. The van der Waals surface area contributed by atoms with Crippen molar-refractivity contribution in [2.45, 2.75) is 19.1 Å². The summed E-state index contributed by atoms with van der Waals surface area (Å²) in [7, 11) is 0. The van der Waals surface area contributed by atoms with Crippen LogP contribution in [0.3, 0.4) is 0 Å². The zero-order chi connectivity index (χ0) is 15.7. The van der Waals surface area contributed by atoms with Gasteiger partial charge in [-0.15, -0.1) is 0 Å². The monoisotopic (exact) mass is 307 g/mol. The first-order valence-electron chi connectivity index (χ1n) is 6.99. The fourth-order valence-electron chi connectivity index (χ4n) is 2.68. The molecule has 0 aliphatic carbocycles. The third-order valence-electron chi connectivity index (χ3n) is 3.74. The van der Waals surface area contributed by atoms with Gasteiger partial charge in [0.1, 0.15) is 5.75 Å². The first-order chi connectivity index (χ1) is 10.5. The van der Waals surface area contributed by atoms with Crippen molar-refractivity contribution in [2.75, 3.05) is 13.1 Å². The Morgan fingerprint density at radius 1 is 1.27 bits per heavy atom. The van der Waals surface area contributed by atoms with E-state index in [0.29, 0.717) is 13.0 Å². The van der Waals surface area contributed by atoms with Crippen LogP contribution in [-0.4, -0.2) is 41.7 Å². The standard InChI is InChI=1S/C16H15F2NO3/c17-16(18)22-14-8-11-4-2-1-3-10(11)7-13(14)15(21)19-6-5-12(20)9-19/h1-4,7-8,12,16,20H,5-6,9H2/t12-/m0/s1. The number of carbonyl (C=O) groups excluding carboxylic acids is 1. The highest BCUT2D eigenvalue weighted by atomic mass is 19.3. The van der Waals surface area contributed by atoms with Gasteiger partial charge >= 0.3 is 6.61 Å². The highest BCUT2D eigenvalue weighted by molar-refractivity contribution is 6.01. The van der Waals surface area contributed by atoms with Crippen molar-refractivity contribution < 1.29 is 23.4 Å². The number of rotatable bonds is 3. The lowest BCUT2D eigenvalue weighted by atomic mass is 10.0. The third-order valence-corrected chi connectivity index (χ3v) is 3.74. The molecule has 0 bridgehead atoms. The highest BCUT2D eigenvalue weighted by Crippen LogP contribution is 2.29. The minimum absolute atomic E-state index is 0.0908. The molecule has 0 saturated carbocycles. The summed E-state index contributed by atoms with van der Waals surface area (Å²) in [4.78, 5) is 14.0. The largest absolute Gasteiger partial charge is 0.434 e. The molecule has 1 aliphatic rings. The Hall–Kier alpha value is -2.21. The Morgan fingerprint density at radius 2 is 1.95 bits per heavy atom. The van der Waals surface area contributed by atoms with E-state index in [0.717, 1.165) is 10.8 Å². The molecule has 0 unspecified atom stereocenters. The van der Waals surface area contributed by atoms with Crippen molar-refractivity contribution in [3.05, 3.63) is 42.0 Å². The van der Waals surface area contributed by atoms with Crippen molar-refractivity contribution in [2.24, 2.45) is 0 Å². The van der Waals surface area contributed by atoms with Crippen molar-refractivity contribution in [1.82, 2.24) is 4.90 Å². The zero-order valence-electron chi connectivity index (χ0n) is 11.7. The van der Waals surface area contributed by atoms with E-state index in [1.165, 1.54) is 11.0 Å². The second kappa shape index (κ2) is 5.88. The SMILES string of the molecule is O=C(c1cc2ccccc2cc1OC(F)F)N1CC[C@H](O)C1. The van der Waals surface area contributed by atoms with Gasteiger partial charge in [0.15, 0.2) is 0 Å². The Kier molecular flexibility index (Phi) is 3.94. The van der Waals surface area contributed by atoms with Gasteiger partial charge in [0.25, 0.3) is 5.91 Å². The lowest BCUT2D eigenvalue weighted by Crippen LogP contribution is -2.30. The van der Waals surface area contributed by atoms with Crippen LogP contribution in [0.15, 0.2) is 36.4 Å². The van der Waals surface area contributed by atoms with Gasteiger partial charge in [0, 0.05) is 13.1 Å². The molecule has 0 radical (unpaired) electrons. The van der Waals surface area contributed by atoms with E-state index in [1.807, 2.05) is 6.07 Å². The van der Waals surface area contributed by atoms with Crippen LogP contribution in [0.2, 0.25) is 0 Å². The van der Waals surface area contributed by atoms with Gasteiger partial charge in [0.2, 0.25) is 0 Å². The number of ether oxygens (including phenoxy) is 1. The maximum absolute atomic E-state index is 12.6. The van der Waals surface area contributed by atoms with E-state index in [1.54, 1.807) is 24.3 Å². The summed E-state index contributed by atoms with van der Waals surface area (Å²) in [6.07, 6.45) is -0.0754. The number of amides is 1. The summed E-state index contributed by atoms with van der Waals surface area (Å²) < 4.78 is 29.7. The molecular formula is C16H15F2NO3. The number of aliphatic hydroxyl groups excluding tert-OH is 1. The van der Waals surface area contributed by atoms with Gasteiger partial charge in [0.05, 0.1) is 11.7 Å². The fraction of sp³-hybridized carbons (Fsp3) is 0.312. The fourth-order valence-corrected chi connectivity index (χ4v) is 2.68. The number of β-amino-alcohol motifs (C(OH)–C–C–N with tert-alkyl or cyclic N) is 1. The van der Waals surface area contributed by atoms with Crippen molar-refractivity contribution in [3.8, 4) is 5.75 Å². The summed E-state index contributed by atoms with van der Waals surface area (Å²) >= 11 is 0. The smallest absolute Gasteiger partial charge is 0.387 e. The predicted octanol–water partition coefficient (Wildman–Crippen LogP) is 2.65. The summed E-state index contributed by atoms with van der Waals surface area (Å²) in [6, 6.07) is 10.2. The number of carbonyl (C=O) groups is 1. The van der Waals surface area contributed by atoms with Crippen LogP contribution in [0.25, 0.3) is 10.8 Å². The molecule has 0 aromatic heterocycles. The Morgan fingerprint density at radius 3 is 2.55 bits per heavy atom. The topological polar surface area (TPSA) is 49.8 Å². The maximum Gasteiger partial charge on any atom is 0.387 e. The Balaban J connectivity index is 2.03. The van der Waals surface area contributed by atoms with E-state index < -0.39 is 18.6 Å². The zero-order valence-corrected chi connectivity index (χ0v) is 11.7. The molecule has 6 heteroatoms. The van der Waals surface area contributed by atoms with Gasteiger partial charge in [-0.2, -0.15) is 8.78 Å². The summed E-state index contributed by atoms with van der Waals surface area (Å²) in [5, 5.41) is 11.0. The summed E-state index contributed by atoms with van der Waals surface area (Å²) in [5.41, 5.74) is 0.0908. The molecule has 1 fully saturated rings. The van der Waals surface area contributed by atoms with Gasteiger partial charge in [-0.05, 0) is 29.3 Å². The number of nitrogens with zero attached hydrogens (tertiary/aromatic N) is 1. The Bertz CT molecular complexity index is 705. The van der Waals surface area contributed by atoms with Crippen molar-refractivity contribution >= 4 is 16.7 Å². The molecule has 3 rings (SSSR count). The molecule has 2 aromatic carbocycles. The van der Waals surface area contributed by atoms with Crippen LogP contribution in [0.4, 0.5) is 8.78 Å². The number of alkyl halides is 2. The van der Waals surface area contributed by atoms with E-state index in [-0.39, 0.29) is 17.9 Å². The molecule has 1 atom stereocenters. The van der Waals surface area contributed by atoms with Gasteiger partial charge in [-0.3, -0.25) is 4.79 Å².